The van der Waals surface area contributed by atoms with Gasteiger partial charge >= 0.3 is 5.97 Å². The lowest BCUT2D eigenvalue weighted by atomic mass is 10.2. The average molecular weight is 243 g/mol. The molecule has 1 heterocycles. The van der Waals surface area contributed by atoms with Crippen molar-refractivity contribution >= 4 is 11.9 Å². The van der Waals surface area contributed by atoms with Gasteiger partial charge in [0.1, 0.15) is 6.10 Å². The SMILES string of the molecule is O=C(O)C1CCC(C(=O)N(CCO)C2CC2)O1. The van der Waals surface area contributed by atoms with Crippen LogP contribution in [0.25, 0.3) is 0 Å². The van der Waals surface area contributed by atoms with Gasteiger partial charge in [0, 0.05) is 12.6 Å². The Morgan fingerprint density at radius 3 is 2.29 bits per heavy atom. The van der Waals surface area contributed by atoms with Crippen molar-refractivity contribution in [1.29, 1.82) is 0 Å². The number of carbonyl (C=O) groups is 2. The highest BCUT2D eigenvalue weighted by Gasteiger charge is 2.40. The molecule has 1 aliphatic heterocycles. The summed E-state index contributed by atoms with van der Waals surface area (Å²) in [5, 5.41) is 17.7. The number of aliphatic hydroxyl groups excluding tert-OH is 1. The monoisotopic (exact) mass is 243 g/mol. The Morgan fingerprint density at radius 1 is 1.18 bits per heavy atom. The number of ether oxygens (including phenoxy) is 1. The van der Waals surface area contributed by atoms with Gasteiger partial charge in [-0.2, -0.15) is 0 Å². The molecule has 2 aliphatic rings. The van der Waals surface area contributed by atoms with E-state index in [-0.39, 0.29) is 18.6 Å². The zero-order valence-corrected chi connectivity index (χ0v) is 9.54. The van der Waals surface area contributed by atoms with Gasteiger partial charge in [0.05, 0.1) is 6.61 Å². The maximum Gasteiger partial charge on any atom is 0.332 e. The third kappa shape index (κ3) is 2.76. The number of aliphatic hydroxyl groups is 1. The van der Waals surface area contributed by atoms with Crippen molar-refractivity contribution in [3.63, 3.8) is 0 Å². The summed E-state index contributed by atoms with van der Waals surface area (Å²) >= 11 is 0. The summed E-state index contributed by atoms with van der Waals surface area (Å²) in [6.07, 6.45) is 1.23. The standard InChI is InChI=1S/C11H17NO5/c13-6-5-12(7-1-2-7)10(14)8-3-4-9(17-8)11(15)16/h7-9,13H,1-6H2,(H,15,16). The zero-order valence-electron chi connectivity index (χ0n) is 9.54. The van der Waals surface area contributed by atoms with Crippen LogP contribution in [0.15, 0.2) is 0 Å². The molecular formula is C11H17NO5. The Hall–Kier alpha value is -1.14. The van der Waals surface area contributed by atoms with E-state index in [0.717, 1.165) is 12.8 Å². The summed E-state index contributed by atoms with van der Waals surface area (Å²) < 4.78 is 5.22. The predicted octanol–water partition coefficient (Wildman–Crippen LogP) is -0.398. The first-order chi connectivity index (χ1) is 8.13. The molecule has 2 unspecified atom stereocenters. The first-order valence-corrected chi connectivity index (χ1v) is 5.93. The number of hydrogen-bond acceptors (Lipinski definition) is 4. The van der Waals surface area contributed by atoms with Crippen molar-refractivity contribution in [1.82, 2.24) is 4.90 Å². The smallest absolute Gasteiger partial charge is 0.332 e. The highest BCUT2D eigenvalue weighted by molar-refractivity contribution is 5.83. The number of carboxylic acid groups (broad SMARTS) is 1. The lowest BCUT2D eigenvalue weighted by molar-refractivity contribution is -0.155. The molecule has 2 atom stereocenters. The molecule has 6 heteroatoms. The zero-order chi connectivity index (χ0) is 12.4. The van der Waals surface area contributed by atoms with Crippen LogP contribution < -0.4 is 0 Å². The fraction of sp³-hybridized carbons (Fsp3) is 0.818. The minimum absolute atomic E-state index is 0.0721. The Morgan fingerprint density at radius 2 is 1.82 bits per heavy atom. The molecule has 2 fully saturated rings. The van der Waals surface area contributed by atoms with Crippen molar-refractivity contribution in [3.8, 4) is 0 Å². The van der Waals surface area contributed by atoms with Gasteiger partial charge in [-0.25, -0.2) is 4.79 Å². The van der Waals surface area contributed by atoms with Gasteiger partial charge in [0.2, 0.25) is 0 Å². The van der Waals surface area contributed by atoms with E-state index in [2.05, 4.69) is 0 Å². The number of aliphatic carboxylic acids is 1. The molecule has 0 aromatic heterocycles. The van der Waals surface area contributed by atoms with Gasteiger partial charge in [-0.3, -0.25) is 4.79 Å². The van der Waals surface area contributed by atoms with Crippen LogP contribution in [0.2, 0.25) is 0 Å². The average Bonchev–Trinajstić information content (AvgIpc) is 3.00. The number of amides is 1. The summed E-state index contributed by atoms with van der Waals surface area (Å²) in [5.41, 5.74) is 0. The van der Waals surface area contributed by atoms with Crippen molar-refractivity contribution in [3.05, 3.63) is 0 Å². The molecule has 96 valence electrons. The molecule has 2 rings (SSSR count). The summed E-state index contributed by atoms with van der Waals surface area (Å²) in [6.45, 7) is 0.235. The van der Waals surface area contributed by atoms with Gasteiger partial charge in [0.25, 0.3) is 5.91 Å². The lowest BCUT2D eigenvalue weighted by Crippen LogP contribution is -2.42. The quantitative estimate of drug-likeness (QED) is 0.686. The van der Waals surface area contributed by atoms with Gasteiger partial charge in [-0.1, -0.05) is 0 Å². The van der Waals surface area contributed by atoms with Crippen LogP contribution in [0, 0.1) is 0 Å². The Kier molecular flexibility index (Phi) is 3.63. The fourth-order valence-electron chi connectivity index (χ4n) is 2.15. The minimum Gasteiger partial charge on any atom is -0.479 e. The highest BCUT2D eigenvalue weighted by Crippen LogP contribution is 2.30. The van der Waals surface area contributed by atoms with Gasteiger partial charge in [-0.15, -0.1) is 0 Å². The minimum atomic E-state index is -1.01. The molecule has 1 amide bonds. The molecule has 0 spiro atoms. The number of hydrogen-bond donors (Lipinski definition) is 2. The van der Waals surface area contributed by atoms with Crippen molar-refractivity contribution in [2.75, 3.05) is 13.2 Å². The molecule has 1 aliphatic carbocycles. The molecule has 0 aromatic carbocycles. The molecule has 17 heavy (non-hydrogen) atoms. The summed E-state index contributed by atoms with van der Waals surface area (Å²) in [4.78, 5) is 24.4. The molecule has 1 saturated heterocycles. The Balaban J connectivity index is 1.92. The van der Waals surface area contributed by atoms with Crippen LogP contribution in [-0.4, -0.2) is 58.4 Å². The molecule has 2 N–H and O–H groups in total. The van der Waals surface area contributed by atoms with Crippen LogP contribution in [0.4, 0.5) is 0 Å². The molecule has 0 radical (unpaired) electrons. The molecule has 0 bridgehead atoms. The topological polar surface area (TPSA) is 87.1 Å². The van der Waals surface area contributed by atoms with Crippen molar-refractivity contribution in [2.24, 2.45) is 0 Å². The number of rotatable bonds is 5. The summed E-state index contributed by atoms with van der Waals surface area (Å²) in [6, 6.07) is 0.210. The van der Waals surface area contributed by atoms with Crippen LogP contribution in [-0.2, 0) is 14.3 Å². The van der Waals surface area contributed by atoms with E-state index in [1.54, 1.807) is 4.90 Å². The number of carboxylic acids is 1. The largest absolute Gasteiger partial charge is 0.479 e. The molecular weight excluding hydrogens is 226 g/mol. The van der Waals surface area contributed by atoms with E-state index in [4.69, 9.17) is 14.9 Å². The molecule has 6 nitrogen and oxygen atoms in total. The van der Waals surface area contributed by atoms with E-state index >= 15 is 0 Å². The first-order valence-electron chi connectivity index (χ1n) is 5.93. The third-order valence-electron chi connectivity index (χ3n) is 3.18. The van der Waals surface area contributed by atoms with Crippen LogP contribution in [0.3, 0.4) is 0 Å². The van der Waals surface area contributed by atoms with Crippen LogP contribution in [0.1, 0.15) is 25.7 Å². The molecule has 0 aromatic rings. The van der Waals surface area contributed by atoms with E-state index in [0.29, 0.717) is 19.4 Å². The van der Waals surface area contributed by atoms with E-state index in [1.807, 2.05) is 0 Å². The Labute approximate surface area is 99.2 Å². The van der Waals surface area contributed by atoms with Gasteiger partial charge in [-0.05, 0) is 25.7 Å². The van der Waals surface area contributed by atoms with Gasteiger partial charge in [0.15, 0.2) is 6.10 Å². The predicted molar refractivity (Wildman–Crippen MR) is 57.4 cm³/mol. The van der Waals surface area contributed by atoms with E-state index in [1.165, 1.54) is 0 Å². The third-order valence-corrected chi connectivity index (χ3v) is 3.18. The summed E-state index contributed by atoms with van der Waals surface area (Å²) in [7, 11) is 0. The summed E-state index contributed by atoms with van der Waals surface area (Å²) in [5.74, 6) is -1.19. The van der Waals surface area contributed by atoms with E-state index in [9.17, 15) is 9.59 Å². The van der Waals surface area contributed by atoms with Crippen LogP contribution in [0.5, 0.6) is 0 Å². The fourth-order valence-corrected chi connectivity index (χ4v) is 2.15. The second-order valence-electron chi connectivity index (χ2n) is 4.52. The maximum atomic E-state index is 12.1. The lowest BCUT2D eigenvalue weighted by Gasteiger charge is -2.24. The maximum absolute atomic E-state index is 12.1. The Bertz CT molecular complexity index is 315. The van der Waals surface area contributed by atoms with Crippen molar-refractivity contribution < 1.29 is 24.5 Å². The van der Waals surface area contributed by atoms with Crippen molar-refractivity contribution in [2.45, 2.75) is 43.9 Å². The van der Waals surface area contributed by atoms with E-state index < -0.39 is 18.2 Å². The van der Waals surface area contributed by atoms with Gasteiger partial charge < -0.3 is 19.8 Å². The number of nitrogens with zero attached hydrogens (tertiary/aromatic N) is 1. The first kappa shape index (κ1) is 12.3. The normalized spacial score (nSPS) is 28.1. The van der Waals surface area contributed by atoms with Crippen LogP contribution >= 0.6 is 0 Å². The highest BCUT2D eigenvalue weighted by atomic mass is 16.5. The second kappa shape index (κ2) is 5.01. The second-order valence-corrected chi connectivity index (χ2v) is 4.52. The molecule has 1 saturated carbocycles. The number of carbonyl (C=O) groups excluding carboxylic acids is 1.